The summed E-state index contributed by atoms with van der Waals surface area (Å²) in [6.45, 7) is 6.80. The first-order valence-corrected chi connectivity index (χ1v) is 6.20. The second-order valence-electron chi connectivity index (χ2n) is 4.64. The van der Waals surface area contributed by atoms with E-state index in [1.807, 2.05) is 23.8 Å². The van der Waals surface area contributed by atoms with Crippen LogP contribution in [0.25, 0.3) is 5.95 Å². The lowest BCUT2D eigenvalue weighted by atomic mass is 10.1. The van der Waals surface area contributed by atoms with Crippen molar-refractivity contribution in [2.45, 2.75) is 33.1 Å². The number of imidazole rings is 1. The van der Waals surface area contributed by atoms with Crippen molar-refractivity contribution in [2.24, 2.45) is 5.73 Å². The Morgan fingerprint density at radius 1 is 1.33 bits per heavy atom. The van der Waals surface area contributed by atoms with Crippen LogP contribution in [0.3, 0.4) is 0 Å². The van der Waals surface area contributed by atoms with Crippen LogP contribution in [0, 0.1) is 6.92 Å². The number of nitrogens with two attached hydrogens (primary N) is 1. The Bertz CT molecular complexity index is 530. The van der Waals surface area contributed by atoms with Crippen LogP contribution in [-0.4, -0.2) is 26.1 Å². The average molecular weight is 245 g/mol. The van der Waals surface area contributed by atoms with Gasteiger partial charge in [-0.25, -0.2) is 15.0 Å². The molecule has 0 aromatic carbocycles. The van der Waals surface area contributed by atoms with Crippen molar-refractivity contribution in [3.8, 4) is 5.95 Å². The van der Waals surface area contributed by atoms with Crippen molar-refractivity contribution in [1.29, 1.82) is 0 Å². The first-order valence-electron chi connectivity index (χ1n) is 6.20. The molecular formula is C13H19N5. The maximum Gasteiger partial charge on any atom is 0.235 e. The highest BCUT2D eigenvalue weighted by molar-refractivity contribution is 5.22. The van der Waals surface area contributed by atoms with Crippen molar-refractivity contribution in [3.05, 3.63) is 35.7 Å². The lowest BCUT2D eigenvalue weighted by Crippen LogP contribution is -2.12. The number of hydrogen-bond donors (Lipinski definition) is 1. The lowest BCUT2D eigenvalue weighted by molar-refractivity contribution is 0.758. The Morgan fingerprint density at radius 3 is 2.78 bits per heavy atom. The molecule has 0 unspecified atom stereocenters. The van der Waals surface area contributed by atoms with Crippen molar-refractivity contribution in [1.82, 2.24) is 19.5 Å². The standard InChI is InChI=1S/C13H19N5/c1-9(2)11-8-10(3)16-13(17-11)18-7-6-15-12(18)4-5-14/h6-9H,4-5,14H2,1-3H3. The van der Waals surface area contributed by atoms with Crippen LogP contribution in [-0.2, 0) is 6.42 Å². The largest absolute Gasteiger partial charge is 0.330 e. The molecule has 5 nitrogen and oxygen atoms in total. The van der Waals surface area contributed by atoms with E-state index in [0.717, 1.165) is 23.6 Å². The molecule has 0 fully saturated rings. The average Bonchev–Trinajstić information content (AvgIpc) is 2.77. The van der Waals surface area contributed by atoms with E-state index in [1.54, 1.807) is 6.20 Å². The van der Waals surface area contributed by atoms with Gasteiger partial charge in [0.2, 0.25) is 5.95 Å². The van der Waals surface area contributed by atoms with Crippen LogP contribution in [0.15, 0.2) is 18.5 Å². The first-order chi connectivity index (χ1) is 8.61. The SMILES string of the molecule is Cc1cc(C(C)C)nc(-n2ccnc2CCN)n1. The first kappa shape index (κ1) is 12.7. The van der Waals surface area contributed by atoms with Crippen LogP contribution in [0.1, 0.15) is 37.0 Å². The van der Waals surface area contributed by atoms with Crippen LogP contribution in [0.5, 0.6) is 0 Å². The second-order valence-corrected chi connectivity index (χ2v) is 4.64. The number of aromatic nitrogens is 4. The number of aryl methyl sites for hydroxylation is 1. The predicted molar refractivity (Wildman–Crippen MR) is 70.7 cm³/mol. The van der Waals surface area contributed by atoms with Gasteiger partial charge in [-0.15, -0.1) is 0 Å². The third kappa shape index (κ3) is 2.56. The van der Waals surface area contributed by atoms with Gasteiger partial charge in [0.15, 0.2) is 0 Å². The van der Waals surface area contributed by atoms with Gasteiger partial charge >= 0.3 is 0 Å². The maximum absolute atomic E-state index is 5.58. The van der Waals surface area contributed by atoms with E-state index in [1.165, 1.54) is 0 Å². The van der Waals surface area contributed by atoms with Gasteiger partial charge in [-0.2, -0.15) is 0 Å². The van der Waals surface area contributed by atoms with E-state index in [2.05, 4.69) is 28.8 Å². The molecule has 2 rings (SSSR count). The summed E-state index contributed by atoms with van der Waals surface area (Å²) in [5.74, 6) is 1.96. The summed E-state index contributed by atoms with van der Waals surface area (Å²) in [4.78, 5) is 13.4. The summed E-state index contributed by atoms with van der Waals surface area (Å²) in [7, 11) is 0. The topological polar surface area (TPSA) is 69.6 Å². The van der Waals surface area contributed by atoms with Crippen molar-refractivity contribution < 1.29 is 0 Å². The molecule has 0 bridgehead atoms. The molecule has 2 N–H and O–H groups in total. The molecule has 96 valence electrons. The predicted octanol–water partition coefficient (Wildman–Crippen LogP) is 1.60. The Labute approximate surface area is 107 Å². The van der Waals surface area contributed by atoms with Gasteiger partial charge in [0.05, 0.1) is 0 Å². The van der Waals surface area contributed by atoms with Crippen molar-refractivity contribution in [3.63, 3.8) is 0 Å². The maximum atomic E-state index is 5.58. The number of hydrogen-bond acceptors (Lipinski definition) is 4. The van der Waals surface area contributed by atoms with E-state index in [4.69, 9.17) is 5.73 Å². The summed E-state index contributed by atoms with van der Waals surface area (Å²) in [5, 5.41) is 0. The van der Waals surface area contributed by atoms with Gasteiger partial charge in [-0.05, 0) is 25.5 Å². The summed E-state index contributed by atoms with van der Waals surface area (Å²) in [6, 6.07) is 2.02. The fourth-order valence-electron chi connectivity index (χ4n) is 1.81. The summed E-state index contributed by atoms with van der Waals surface area (Å²) in [6.07, 6.45) is 4.36. The molecule has 18 heavy (non-hydrogen) atoms. The molecular weight excluding hydrogens is 226 g/mol. The fourth-order valence-corrected chi connectivity index (χ4v) is 1.81. The fraction of sp³-hybridized carbons (Fsp3) is 0.462. The van der Waals surface area contributed by atoms with Gasteiger partial charge in [-0.1, -0.05) is 13.8 Å². The molecule has 0 aliphatic rings. The van der Waals surface area contributed by atoms with Gasteiger partial charge in [-0.3, -0.25) is 4.57 Å². The number of nitrogens with zero attached hydrogens (tertiary/aromatic N) is 4. The van der Waals surface area contributed by atoms with E-state index < -0.39 is 0 Å². The minimum Gasteiger partial charge on any atom is -0.330 e. The molecule has 0 atom stereocenters. The van der Waals surface area contributed by atoms with Gasteiger partial charge in [0.1, 0.15) is 5.82 Å². The van der Waals surface area contributed by atoms with Gasteiger partial charge < -0.3 is 5.73 Å². The van der Waals surface area contributed by atoms with Crippen molar-refractivity contribution >= 4 is 0 Å². The zero-order valence-electron chi connectivity index (χ0n) is 11.1. The third-order valence-electron chi connectivity index (χ3n) is 2.75. The minimum absolute atomic E-state index is 0.381. The monoisotopic (exact) mass is 245 g/mol. The Balaban J connectivity index is 2.46. The lowest BCUT2D eigenvalue weighted by Gasteiger charge is -2.10. The normalized spacial score (nSPS) is 11.2. The molecule has 0 aliphatic heterocycles. The molecule has 0 spiro atoms. The summed E-state index contributed by atoms with van der Waals surface area (Å²) < 4.78 is 1.91. The zero-order valence-corrected chi connectivity index (χ0v) is 11.1. The molecule has 5 heteroatoms. The summed E-state index contributed by atoms with van der Waals surface area (Å²) >= 11 is 0. The van der Waals surface area contributed by atoms with E-state index in [9.17, 15) is 0 Å². The van der Waals surface area contributed by atoms with E-state index in [0.29, 0.717) is 18.4 Å². The Kier molecular flexibility index (Phi) is 3.72. The van der Waals surface area contributed by atoms with Crippen LogP contribution in [0.2, 0.25) is 0 Å². The molecule has 0 amide bonds. The Morgan fingerprint density at radius 2 is 2.11 bits per heavy atom. The van der Waals surface area contributed by atoms with Crippen molar-refractivity contribution in [2.75, 3.05) is 6.54 Å². The molecule has 0 saturated carbocycles. The molecule has 2 aromatic heterocycles. The zero-order chi connectivity index (χ0) is 13.1. The van der Waals surface area contributed by atoms with Crippen LogP contribution in [0.4, 0.5) is 0 Å². The van der Waals surface area contributed by atoms with Gasteiger partial charge in [0.25, 0.3) is 0 Å². The van der Waals surface area contributed by atoms with Crippen LogP contribution < -0.4 is 5.73 Å². The quantitative estimate of drug-likeness (QED) is 0.888. The molecule has 0 saturated heterocycles. The van der Waals surface area contributed by atoms with Gasteiger partial charge in [0, 0.05) is 30.2 Å². The van der Waals surface area contributed by atoms with E-state index >= 15 is 0 Å². The highest BCUT2D eigenvalue weighted by atomic mass is 15.2. The third-order valence-corrected chi connectivity index (χ3v) is 2.75. The smallest absolute Gasteiger partial charge is 0.235 e. The molecule has 2 aromatic rings. The number of rotatable bonds is 4. The molecule has 0 radical (unpaired) electrons. The molecule has 0 aliphatic carbocycles. The summed E-state index contributed by atoms with van der Waals surface area (Å²) in [5.41, 5.74) is 7.60. The molecule has 2 heterocycles. The minimum atomic E-state index is 0.381. The second kappa shape index (κ2) is 5.27. The Hall–Kier alpha value is -1.75. The van der Waals surface area contributed by atoms with Crippen LogP contribution >= 0.6 is 0 Å². The van der Waals surface area contributed by atoms with E-state index in [-0.39, 0.29) is 0 Å². The highest BCUT2D eigenvalue weighted by Gasteiger charge is 2.10. The highest BCUT2D eigenvalue weighted by Crippen LogP contribution is 2.15.